The van der Waals surface area contributed by atoms with Gasteiger partial charge in [-0.05, 0) is 18.2 Å². The lowest BCUT2D eigenvalue weighted by atomic mass is 10.3. The normalized spacial score (nSPS) is 9.89. The molecule has 0 spiro atoms. The number of hydrogen-bond donors (Lipinski definition) is 2. The minimum Gasteiger partial charge on any atom is -0.484 e. The average Bonchev–Trinajstić information content (AvgIpc) is 2.86. The Bertz CT molecular complexity index is 579. The van der Waals surface area contributed by atoms with E-state index < -0.39 is 5.97 Å². The molecule has 1 aromatic heterocycles. The molecule has 5 nitrogen and oxygen atoms in total. The van der Waals surface area contributed by atoms with Crippen molar-refractivity contribution in [3.63, 3.8) is 0 Å². The fraction of sp³-hybridized carbons (Fsp3) is 0.0769. The molecule has 2 aromatic rings. The van der Waals surface area contributed by atoms with Crippen molar-refractivity contribution in [1.82, 2.24) is 0 Å². The van der Waals surface area contributed by atoms with Crippen molar-refractivity contribution in [3.05, 3.63) is 47.3 Å². The van der Waals surface area contributed by atoms with Crippen LogP contribution in [-0.4, -0.2) is 23.6 Å². The van der Waals surface area contributed by atoms with Crippen molar-refractivity contribution >= 4 is 28.2 Å². The maximum absolute atomic E-state index is 11.6. The number of carbonyl (C=O) groups is 2. The summed E-state index contributed by atoms with van der Waals surface area (Å²) in [6, 6.07) is 10.4. The van der Waals surface area contributed by atoms with Crippen LogP contribution in [0.4, 0.5) is 5.00 Å². The lowest BCUT2D eigenvalue weighted by Crippen LogP contribution is -2.19. The van der Waals surface area contributed by atoms with Gasteiger partial charge in [-0.2, -0.15) is 0 Å². The molecule has 0 atom stereocenters. The van der Waals surface area contributed by atoms with E-state index in [9.17, 15) is 9.59 Å². The monoisotopic (exact) mass is 277 g/mol. The van der Waals surface area contributed by atoms with Crippen LogP contribution >= 0.6 is 11.3 Å². The highest BCUT2D eigenvalue weighted by Gasteiger charge is 2.09. The number of nitrogens with one attached hydrogen (secondary N) is 1. The first kappa shape index (κ1) is 13.1. The molecule has 0 fully saturated rings. The van der Waals surface area contributed by atoms with Crippen LogP contribution in [0.25, 0.3) is 0 Å². The number of aromatic carboxylic acids is 1. The second kappa shape index (κ2) is 6.01. The fourth-order valence-corrected chi connectivity index (χ4v) is 2.14. The number of hydrogen-bond acceptors (Lipinski definition) is 4. The first-order valence-electron chi connectivity index (χ1n) is 5.44. The maximum atomic E-state index is 11.6. The zero-order valence-corrected chi connectivity index (χ0v) is 10.6. The number of para-hydroxylation sites is 1. The van der Waals surface area contributed by atoms with E-state index >= 15 is 0 Å². The van der Waals surface area contributed by atoms with Gasteiger partial charge < -0.3 is 15.2 Å². The summed E-state index contributed by atoms with van der Waals surface area (Å²) >= 11 is 1.16. The summed E-state index contributed by atoms with van der Waals surface area (Å²) in [7, 11) is 0. The molecule has 2 rings (SSSR count). The Labute approximate surface area is 113 Å². The average molecular weight is 277 g/mol. The van der Waals surface area contributed by atoms with Gasteiger partial charge in [0.1, 0.15) is 5.75 Å². The molecule has 0 saturated heterocycles. The zero-order chi connectivity index (χ0) is 13.7. The highest BCUT2D eigenvalue weighted by molar-refractivity contribution is 7.14. The quantitative estimate of drug-likeness (QED) is 0.880. The van der Waals surface area contributed by atoms with Crippen molar-refractivity contribution < 1.29 is 19.4 Å². The first-order valence-corrected chi connectivity index (χ1v) is 6.32. The number of thiophene rings is 1. The third-order valence-corrected chi connectivity index (χ3v) is 3.07. The van der Waals surface area contributed by atoms with Gasteiger partial charge in [-0.15, -0.1) is 11.3 Å². The summed E-state index contributed by atoms with van der Waals surface area (Å²) in [6.07, 6.45) is 0. The lowest BCUT2D eigenvalue weighted by Gasteiger charge is -2.05. The number of anilines is 1. The van der Waals surface area contributed by atoms with Crippen molar-refractivity contribution in [3.8, 4) is 5.75 Å². The maximum Gasteiger partial charge on any atom is 0.336 e. The Hall–Kier alpha value is -2.34. The van der Waals surface area contributed by atoms with Gasteiger partial charge in [0.2, 0.25) is 0 Å². The Kier molecular flexibility index (Phi) is 4.15. The smallest absolute Gasteiger partial charge is 0.336 e. The largest absolute Gasteiger partial charge is 0.484 e. The van der Waals surface area contributed by atoms with Crippen LogP contribution in [-0.2, 0) is 4.79 Å². The summed E-state index contributed by atoms with van der Waals surface area (Å²) in [5.41, 5.74) is 0.157. The number of amides is 1. The zero-order valence-electron chi connectivity index (χ0n) is 9.83. The molecule has 0 saturated carbocycles. The summed E-state index contributed by atoms with van der Waals surface area (Å²) in [5.74, 6) is -0.741. The molecule has 98 valence electrons. The van der Waals surface area contributed by atoms with E-state index in [1.54, 1.807) is 12.1 Å². The van der Waals surface area contributed by atoms with Crippen LogP contribution in [0.5, 0.6) is 5.75 Å². The predicted molar refractivity (Wildman–Crippen MR) is 71.8 cm³/mol. The first-order chi connectivity index (χ1) is 9.15. The van der Waals surface area contributed by atoms with Crippen LogP contribution < -0.4 is 10.1 Å². The van der Waals surface area contributed by atoms with Gasteiger partial charge in [0.05, 0.1) is 10.6 Å². The number of ether oxygens (including phenoxy) is 1. The molecule has 0 aliphatic rings. The van der Waals surface area contributed by atoms with Crippen LogP contribution in [0.3, 0.4) is 0 Å². The molecule has 1 heterocycles. The molecule has 1 amide bonds. The van der Waals surface area contributed by atoms with E-state index in [1.165, 1.54) is 11.4 Å². The van der Waals surface area contributed by atoms with E-state index in [1.807, 2.05) is 18.2 Å². The molecular weight excluding hydrogens is 266 g/mol. The molecule has 0 unspecified atom stereocenters. The standard InChI is InChI=1S/C13H11NO4S/c15-11(7-18-10-4-2-1-3-5-10)14-12-6-9(8-19-12)13(16)17/h1-6,8H,7H2,(H,14,15)(H,16,17). The van der Waals surface area contributed by atoms with Gasteiger partial charge in [-0.25, -0.2) is 4.79 Å². The Morgan fingerprint density at radius 2 is 2.00 bits per heavy atom. The Balaban J connectivity index is 1.85. The summed E-state index contributed by atoms with van der Waals surface area (Å²) in [4.78, 5) is 22.3. The number of rotatable bonds is 5. The molecular formula is C13H11NO4S. The van der Waals surface area contributed by atoms with Crippen LogP contribution in [0.1, 0.15) is 10.4 Å². The molecule has 19 heavy (non-hydrogen) atoms. The third kappa shape index (κ3) is 3.82. The van der Waals surface area contributed by atoms with E-state index in [2.05, 4.69) is 5.32 Å². The van der Waals surface area contributed by atoms with Gasteiger partial charge in [-0.1, -0.05) is 18.2 Å². The minimum atomic E-state index is -1.02. The molecule has 6 heteroatoms. The van der Waals surface area contributed by atoms with Gasteiger partial charge in [0, 0.05) is 5.38 Å². The van der Waals surface area contributed by atoms with Crippen LogP contribution in [0.15, 0.2) is 41.8 Å². The van der Waals surface area contributed by atoms with Crippen molar-refractivity contribution in [1.29, 1.82) is 0 Å². The van der Waals surface area contributed by atoms with Crippen LogP contribution in [0.2, 0.25) is 0 Å². The number of carbonyl (C=O) groups excluding carboxylic acids is 1. The Morgan fingerprint density at radius 3 is 2.63 bits per heavy atom. The highest BCUT2D eigenvalue weighted by atomic mass is 32.1. The van der Waals surface area contributed by atoms with Gasteiger partial charge >= 0.3 is 5.97 Å². The summed E-state index contributed by atoms with van der Waals surface area (Å²) in [6.45, 7) is -0.121. The van der Waals surface area contributed by atoms with Gasteiger partial charge in [0.15, 0.2) is 6.61 Å². The molecule has 0 radical (unpaired) electrons. The fourth-order valence-electron chi connectivity index (χ4n) is 1.35. The number of benzene rings is 1. The van der Waals surface area contributed by atoms with E-state index in [-0.39, 0.29) is 18.1 Å². The third-order valence-electron chi connectivity index (χ3n) is 2.22. The Morgan fingerprint density at radius 1 is 1.26 bits per heavy atom. The molecule has 2 N–H and O–H groups in total. The summed E-state index contributed by atoms with van der Waals surface area (Å²) in [5, 5.41) is 13.3. The van der Waals surface area contributed by atoms with E-state index in [4.69, 9.17) is 9.84 Å². The van der Waals surface area contributed by atoms with Crippen LogP contribution in [0, 0.1) is 0 Å². The van der Waals surface area contributed by atoms with Crippen molar-refractivity contribution in [2.24, 2.45) is 0 Å². The highest BCUT2D eigenvalue weighted by Crippen LogP contribution is 2.20. The molecule has 1 aromatic carbocycles. The second-order valence-corrected chi connectivity index (χ2v) is 4.57. The lowest BCUT2D eigenvalue weighted by molar-refractivity contribution is -0.118. The van der Waals surface area contributed by atoms with Crippen molar-refractivity contribution in [2.45, 2.75) is 0 Å². The topological polar surface area (TPSA) is 75.6 Å². The van der Waals surface area contributed by atoms with E-state index in [0.717, 1.165) is 11.3 Å². The van der Waals surface area contributed by atoms with Gasteiger partial charge in [-0.3, -0.25) is 4.79 Å². The summed E-state index contributed by atoms with van der Waals surface area (Å²) < 4.78 is 5.27. The number of carboxylic acids is 1. The molecule has 0 aliphatic carbocycles. The molecule has 0 bridgehead atoms. The second-order valence-electron chi connectivity index (χ2n) is 3.65. The molecule has 0 aliphatic heterocycles. The minimum absolute atomic E-state index is 0.121. The van der Waals surface area contributed by atoms with Gasteiger partial charge in [0.25, 0.3) is 5.91 Å². The predicted octanol–water partition coefficient (Wildman–Crippen LogP) is 2.46. The van der Waals surface area contributed by atoms with E-state index in [0.29, 0.717) is 10.8 Å². The SMILES string of the molecule is O=C(COc1ccccc1)Nc1cc(C(=O)O)cs1. The number of carboxylic acid groups (broad SMARTS) is 1. The van der Waals surface area contributed by atoms with Crippen molar-refractivity contribution in [2.75, 3.05) is 11.9 Å².